The number of hydrogen-bond acceptors (Lipinski definition) is 4. The Hall–Kier alpha value is -1.69. The number of piperidine rings is 1. The molecular weight excluding hydrogens is 246 g/mol. The SMILES string of the molecule is Cc1cc([N+](=O)[O-])cn(CCN2CCCCC2)c1=O. The first-order chi connectivity index (χ1) is 9.08. The van der Waals surface area contributed by atoms with Gasteiger partial charge in [-0.1, -0.05) is 6.42 Å². The Balaban J connectivity index is 2.10. The number of aryl methyl sites for hydroxylation is 1. The van der Waals surface area contributed by atoms with E-state index in [-0.39, 0.29) is 11.2 Å². The van der Waals surface area contributed by atoms with Crippen molar-refractivity contribution in [1.29, 1.82) is 0 Å². The zero-order chi connectivity index (χ0) is 13.8. The molecule has 0 radical (unpaired) electrons. The minimum Gasteiger partial charge on any atom is -0.307 e. The fourth-order valence-electron chi connectivity index (χ4n) is 2.46. The molecule has 1 aliphatic heterocycles. The lowest BCUT2D eigenvalue weighted by atomic mass is 10.1. The Labute approximate surface area is 111 Å². The molecule has 2 heterocycles. The van der Waals surface area contributed by atoms with Crippen molar-refractivity contribution < 1.29 is 4.92 Å². The largest absolute Gasteiger partial charge is 0.307 e. The first kappa shape index (κ1) is 13.7. The standard InChI is InChI=1S/C13H19N3O3/c1-11-9-12(16(18)19)10-15(13(11)17)8-7-14-5-3-2-4-6-14/h9-10H,2-8H2,1H3. The molecule has 0 spiro atoms. The van der Waals surface area contributed by atoms with Crippen LogP contribution in [0.2, 0.25) is 0 Å². The van der Waals surface area contributed by atoms with E-state index in [1.165, 1.54) is 36.1 Å². The van der Waals surface area contributed by atoms with Crippen molar-refractivity contribution in [1.82, 2.24) is 9.47 Å². The first-order valence-electron chi connectivity index (χ1n) is 6.66. The van der Waals surface area contributed by atoms with E-state index >= 15 is 0 Å². The zero-order valence-corrected chi connectivity index (χ0v) is 11.2. The van der Waals surface area contributed by atoms with Crippen molar-refractivity contribution in [3.05, 3.63) is 38.3 Å². The summed E-state index contributed by atoms with van der Waals surface area (Å²) < 4.78 is 1.46. The third-order valence-electron chi connectivity index (χ3n) is 3.57. The summed E-state index contributed by atoms with van der Waals surface area (Å²) in [6, 6.07) is 1.33. The molecule has 0 atom stereocenters. The third kappa shape index (κ3) is 3.41. The van der Waals surface area contributed by atoms with Crippen LogP contribution in [-0.4, -0.2) is 34.0 Å². The van der Waals surface area contributed by atoms with Crippen LogP contribution in [0.1, 0.15) is 24.8 Å². The van der Waals surface area contributed by atoms with Gasteiger partial charge in [0.25, 0.3) is 11.2 Å². The second-order valence-corrected chi connectivity index (χ2v) is 5.04. The summed E-state index contributed by atoms with van der Waals surface area (Å²) in [6.45, 7) is 5.03. The molecular formula is C13H19N3O3. The van der Waals surface area contributed by atoms with E-state index in [4.69, 9.17) is 0 Å². The average Bonchev–Trinajstić information content (AvgIpc) is 2.41. The van der Waals surface area contributed by atoms with Gasteiger partial charge in [-0.3, -0.25) is 14.9 Å². The maximum absolute atomic E-state index is 11.9. The monoisotopic (exact) mass is 265 g/mol. The molecule has 1 aromatic rings. The Morgan fingerprint density at radius 3 is 2.58 bits per heavy atom. The Morgan fingerprint density at radius 1 is 1.26 bits per heavy atom. The van der Waals surface area contributed by atoms with Crippen LogP contribution in [0.3, 0.4) is 0 Å². The van der Waals surface area contributed by atoms with Crippen LogP contribution in [0.15, 0.2) is 17.1 Å². The predicted octanol–water partition coefficient (Wildman–Crippen LogP) is 1.55. The third-order valence-corrected chi connectivity index (χ3v) is 3.57. The van der Waals surface area contributed by atoms with Gasteiger partial charge in [-0.15, -0.1) is 0 Å². The molecule has 2 rings (SSSR count). The van der Waals surface area contributed by atoms with Crippen molar-refractivity contribution in [2.24, 2.45) is 0 Å². The molecule has 1 saturated heterocycles. The van der Waals surface area contributed by atoms with Crippen molar-refractivity contribution in [2.45, 2.75) is 32.7 Å². The number of nitrogens with zero attached hydrogens (tertiary/aromatic N) is 3. The van der Waals surface area contributed by atoms with Gasteiger partial charge in [0.1, 0.15) is 0 Å². The summed E-state index contributed by atoms with van der Waals surface area (Å²) in [6.07, 6.45) is 5.01. The summed E-state index contributed by atoms with van der Waals surface area (Å²) in [4.78, 5) is 24.6. The maximum atomic E-state index is 11.9. The number of aromatic nitrogens is 1. The molecule has 104 valence electrons. The lowest BCUT2D eigenvalue weighted by Crippen LogP contribution is -2.35. The molecule has 0 unspecified atom stereocenters. The number of nitro groups is 1. The van der Waals surface area contributed by atoms with Gasteiger partial charge in [0.15, 0.2) is 0 Å². The summed E-state index contributed by atoms with van der Waals surface area (Å²) in [7, 11) is 0. The Morgan fingerprint density at radius 2 is 1.95 bits per heavy atom. The average molecular weight is 265 g/mol. The molecule has 6 nitrogen and oxygen atoms in total. The van der Waals surface area contributed by atoms with Gasteiger partial charge in [0, 0.05) is 24.7 Å². The highest BCUT2D eigenvalue weighted by Crippen LogP contribution is 2.11. The highest BCUT2D eigenvalue weighted by Gasteiger charge is 2.13. The molecule has 1 aliphatic rings. The second-order valence-electron chi connectivity index (χ2n) is 5.04. The lowest BCUT2D eigenvalue weighted by Gasteiger charge is -2.26. The van der Waals surface area contributed by atoms with Crippen molar-refractivity contribution >= 4 is 5.69 Å². The fourth-order valence-corrected chi connectivity index (χ4v) is 2.46. The molecule has 1 fully saturated rings. The van der Waals surface area contributed by atoms with Crippen molar-refractivity contribution in [3.63, 3.8) is 0 Å². The molecule has 0 amide bonds. The fraction of sp³-hybridized carbons (Fsp3) is 0.615. The van der Waals surface area contributed by atoms with E-state index in [1.54, 1.807) is 6.92 Å². The van der Waals surface area contributed by atoms with Gasteiger partial charge >= 0.3 is 0 Å². The van der Waals surface area contributed by atoms with Crippen LogP contribution in [0, 0.1) is 17.0 Å². The van der Waals surface area contributed by atoms with Crippen LogP contribution in [-0.2, 0) is 6.54 Å². The van der Waals surface area contributed by atoms with E-state index < -0.39 is 4.92 Å². The van der Waals surface area contributed by atoms with E-state index in [2.05, 4.69) is 4.90 Å². The van der Waals surface area contributed by atoms with Crippen LogP contribution in [0.5, 0.6) is 0 Å². The number of likely N-dealkylation sites (tertiary alicyclic amines) is 1. The molecule has 19 heavy (non-hydrogen) atoms. The van der Waals surface area contributed by atoms with Crippen LogP contribution < -0.4 is 5.56 Å². The number of pyridine rings is 1. The second kappa shape index (κ2) is 5.97. The molecule has 0 bridgehead atoms. The molecule has 0 aliphatic carbocycles. The van der Waals surface area contributed by atoms with Gasteiger partial charge in [-0.2, -0.15) is 0 Å². The maximum Gasteiger partial charge on any atom is 0.286 e. The lowest BCUT2D eigenvalue weighted by molar-refractivity contribution is -0.385. The van der Waals surface area contributed by atoms with Gasteiger partial charge in [0.2, 0.25) is 0 Å². The smallest absolute Gasteiger partial charge is 0.286 e. The summed E-state index contributed by atoms with van der Waals surface area (Å²) in [5.74, 6) is 0. The van der Waals surface area contributed by atoms with E-state index in [9.17, 15) is 14.9 Å². The summed E-state index contributed by atoms with van der Waals surface area (Å²) in [5, 5.41) is 10.8. The van der Waals surface area contributed by atoms with Crippen LogP contribution in [0.25, 0.3) is 0 Å². The van der Waals surface area contributed by atoms with Gasteiger partial charge in [-0.25, -0.2) is 0 Å². The van der Waals surface area contributed by atoms with E-state index in [0.29, 0.717) is 12.1 Å². The minimum absolute atomic E-state index is 0.0178. The molecule has 1 aromatic heterocycles. The van der Waals surface area contributed by atoms with Crippen LogP contribution in [0.4, 0.5) is 5.69 Å². The predicted molar refractivity (Wildman–Crippen MR) is 72.4 cm³/mol. The van der Waals surface area contributed by atoms with Gasteiger partial charge in [-0.05, 0) is 32.9 Å². The normalized spacial score (nSPS) is 16.5. The molecule has 6 heteroatoms. The van der Waals surface area contributed by atoms with E-state index in [1.807, 2.05) is 0 Å². The minimum atomic E-state index is -0.455. The Bertz CT molecular complexity index is 518. The van der Waals surface area contributed by atoms with Crippen molar-refractivity contribution in [2.75, 3.05) is 19.6 Å². The highest BCUT2D eigenvalue weighted by atomic mass is 16.6. The quantitative estimate of drug-likeness (QED) is 0.612. The van der Waals surface area contributed by atoms with Gasteiger partial charge < -0.3 is 9.47 Å². The molecule has 0 aromatic carbocycles. The van der Waals surface area contributed by atoms with Crippen LogP contribution >= 0.6 is 0 Å². The summed E-state index contributed by atoms with van der Waals surface area (Å²) in [5.41, 5.74) is 0.270. The number of hydrogen-bond donors (Lipinski definition) is 0. The van der Waals surface area contributed by atoms with E-state index in [0.717, 1.165) is 19.6 Å². The van der Waals surface area contributed by atoms with Gasteiger partial charge in [0.05, 0.1) is 11.1 Å². The molecule has 0 saturated carbocycles. The topological polar surface area (TPSA) is 68.4 Å². The number of rotatable bonds is 4. The Kier molecular flexibility index (Phi) is 4.31. The van der Waals surface area contributed by atoms with Crippen molar-refractivity contribution in [3.8, 4) is 0 Å². The molecule has 0 N–H and O–H groups in total. The highest BCUT2D eigenvalue weighted by molar-refractivity contribution is 5.30. The zero-order valence-electron chi connectivity index (χ0n) is 11.2. The first-order valence-corrected chi connectivity index (χ1v) is 6.66. The summed E-state index contributed by atoms with van der Waals surface area (Å²) >= 11 is 0.